The molecule has 0 rings (SSSR count). The summed E-state index contributed by atoms with van der Waals surface area (Å²) in [6.07, 6.45) is -1.31. The van der Waals surface area contributed by atoms with Gasteiger partial charge < -0.3 is 14.8 Å². The van der Waals surface area contributed by atoms with E-state index in [-0.39, 0.29) is 29.6 Å². The average molecular weight is 267 g/mol. The van der Waals surface area contributed by atoms with Gasteiger partial charge >= 0.3 is 29.6 Å². The van der Waals surface area contributed by atoms with Crippen molar-refractivity contribution in [3.05, 3.63) is 0 Å². The molecule has 8 heteroatoms. The van der Waals surface area contributed by atoms with Gasteiger partial charge in [-0.15, -0.1) is 0 Å². The number of nitrogens with zero attached hydrogens (tertiary/aromatic N) is 1. The third-order valence-corrected chi connectivity index (χ3v) is 3.31. The van der Waals surface area contributed by atoms with Crippen LogP contribution in [0.4, 0.5) is 4.79 Å². The normalized spacial score (nSPS) is 14.2. The average Bonchev–Trinajstić information content (AvgIpc) is 2.03. The van der Waals surface area contributed by atoms with Crippen LogP contribution >= 0.6 is 50.5 Å². The molecule has 0 bridgehead atoms. The molecule has 2 atom stereocenters. The summed E-state index contributed by atoms with van der Waals surface area (Å²) >= 11 is 15.8. The first-order valence-corrected chi connectivity index (χ1v) is 5.41. The zero-order valence-corrected chi connectivity index (χ0v) is 12.7. The third-order valence-electron chi connectivity index (χ3n) is 1.18. The first-order valence-electron chi connectivity index (χ1n) is 3.11. The smallest absolute Gasteiger partial charge is 0.530 e. The molecule has 0 saturated carbocycles. The van der Waals surface area contributed by atoms with E-state index in [2.05, 4.69) is 50.5 Å². The minimum Gasteiger partial charge on any atom is -0.530 e. The van der Waals surface area contributed by atoms with Crippen molar-refractivity contribution in [1.29, 1.82) is 0 Å². The largest absolute Gasteiger partial charge is 1.00 e. The summed E-state index contributed by atoms with van der Waals surface area (Å²) in [7, 11) is 0. The Labute approximate surface area is 122 Å². The Morgan fingerprint density at radius 3 is 1.69 bits per heavy atom. The van der Waals surface area contributed by atoms with Crippen LogP contribution in [0.15, 0.2) is 0 Å². The van der Waals surface area contributed by atoms with Crippen molar-refractivity contribution in [2.24, 2.45) is 0 Å². The zero-order valence-electron chi connectivity index (χ0n) is 7.12. The maximum absolute atomic E-state index is 10.5. The molecule has 0 aromatic rings. The van der Waals surface area contributed by atoms with E-state index in [0.717, 1.165) is 4.90 Å². The van der Waals surface area contributed by atoms with Gasteiger partial charge in [0.15, 0.2) is 0 Å². The number of carbonyl (C=O) groups is 1. The summed E-state index contributed by atoms with van der Waals surface area (Å²) in [4.78, 5) is 11.5. The SMILES string of the molecule is O=C([O-])N(C(S)CS)C(S)CS.[Na+]. The maximum atomic E-state index is 10.5. The van der Waals surface area contributed by atoms with Crippen LogP contribution in [-0.4, -0.2) is 33.2 Å². The van der Waals surface area contributed by atoms with Gasteiger partial charge in [0.05, 0.1) is 10.7 Å². The van der Waals surface area contributed by atoms with E-state index in [1.54, 1.807) is 0 Å². The van der Waals surface area contributed by atoms with Crippen LogP contribution in [0.1, 0.15) is 0 Å². The number of hydrogen-bond acceptors (Lipinski definition) is 6. The standard InChI is InChI=1S/C5H11NO2S4.Na/c7-5(8)6(3(11)1-9)4(12)2-10;/h3-4,9-12H,1-2H2,(H,7,8);/q;+1/p-1. The molecular formula is C5H10NNaO2S4. The molecule has 0 N–H and O–H groups in total. The molecule has 3 nitrogen and oxygen atoms in total. The summed E-state index contributed by atoms with van der Waals surface area (Å²) in [6.45, 7) is 0. The topological polar surface area (TPSA) is 43.4 Å². The van der Waals surface area contributed by atoms with Gasteiger partial charge in [0.1, 0.15) is 6.09 Å². The number of thiol groups is 4. The molecule has 0 aliphatic rings. The Bertz CT molecular complexity index is 151. The van der Waals surface area contributed by atoms with E-state index in [9.17, 15) is 9.90 Å². The van der Waals surface area contributed by atoms with Crippen LogP contribution in [0.2, 0.25) is 0 Å². The fraction of sp³-hybridized carbons (Fsp3) is 0.800. The van der Waals surface area contributed by atoms with Gasteiger partial charge in [-0.1, -0.05) is 0 Å². The fourth-order valence-electron chi connectivity index (χ4n) is 0.618. The quantitative estimate of drug-likeness (QED) is 0.249. The molecule has 2 unspecified atom stereocenters. The number of carboxylic acid groups (broad SMARTS) is 1. The monoisotopic (exact) mass is 267 g/mol. The Hall–Kier alpha value is 1.67. The van der Waals surface area contributed by atoms with Crippen molar-refractivity contribution in [2.75, 3.05) is 11.5 Å². The number of rotatable bonds is 4. The van der Waals surface area contributed by atoms with Crippen molar-refractivity contribution in [3.8, 4) is 0 Å². The van der Waals surface area contributed by atoms with Crippen molar-refractivity contribution in [2.45, 2.75) is 10.7 Å². The number of carbonyl (C=O) groups excluding carboxylic acids is 1. The third kappa shape index (κ3) is 5.96. The van der Waals surface area contributed by atoms with E-state index < -0.39 is 16.8 Å². The van der Waals surface area contributed by atoms with E-state index in [4.69, 9.17) is 0 Å². The summed E-state index contributed by atoms with van der Waals surface area (Å²) in [5.41, 5.74) is 0. The van der Waals surface area contributed by atoms with E-state index >= 15 is 0 Å². The van der Waals surface area contributed by atoms with E-state index in [0.29, 0.717) is 11.5 Å². The molecular weight excluding hydrogens is 257 g/mol. The second kappa shape index (κ2) is 8.94. The summed E-state index contributed by atoms with van der Waals surface area (Å²) in [5.74, 6) is 0.615. The van der Waals surface area contributed by atoms with Crippen LogP contribution in [0.5, 0.6) is 0 Å². The van der Waals surface area contributed by atoms with Gasteiger partial charge in [0, 0.05) is 11.5 Å². The van der Waals surface area contributed by atoms with Crippen LogP contribution in [0.25, 0.3) is 0 Å². The Kier molecular flexibility index (Phi) is 11.7. The van der Waals surface area contributed by atoms with Crippen LogP contribution in [0.3, 0.4) is 0 Å². The zero-order chi connectivity index (χ0) is 9.72. The molecule has 0 aromatic carbocycles. The van der Waals surface area contributed by atoms with Gasteiger partial charge in [0.2, 0.25) is 0 Å². The Morgan fingerprint density at radius 1 is 1.23 bits per heavy atom. The van der Waals surface area contributed by atoms with Crippen molar-refractivity contribution in [3.63, 3.8) is 0 Å². The minimum absolute atomic E-state index is 0. The van der Waals surface area contributed by atoms with Gasteiger partial charge in [-0.2, -0.15) is 50.5 Å². The van der Waals surface area contributed by atoms with Crippen LogP contribution < -0.4 is 34.7 Å². The summed E-state index contributed by atoms with van der Waals surface area (Å²) in [5, 5.41) is 9.54. The molecule has 0 aromatic heterocycles. The van der Waals surface area contributed by atoms with Gasteiger partial charge in [-0.3, -0.25) is 0 Å². The Balaban J connectivity index is 0. The van der Waals surface area contributed by atoms with Gasteiger partial charge in [-0.25, -0.2) is 0 Å². The van der Waals surface area contributed by atoms with Crippen molar-refractivity contribution >= 4 is 56.6 Å². The first-order chi connectivity index (χ1) is 5.54. The molecule has 0 heterocycles. The molecule has 1 amide bonds. The molecule has 0 saturated heterocycles. The van der Waals surface area contributed by atoms with Gasteiger partial charge in [0.25, 0.3) is 0 Å². The van der Waals surface area contributed by atoms with E-state index in [1.807, 2.05) is 0 Å². The maximum Gasteiger partial charge on any atom is 1.00 e. The summed E-state index contributed by atoms with van der Waals surface area (Å²) < 4.78 is 0. The fourth-order valence-corrected chi connectivity index (χ4v) is 1.59. The van der Waals surface area contributed by atoms with Gasteiger partial charge in [-0.05, 0) is 0 Å². The number of hydrogen-bond donors (Lipinski definition) is 4. The second-order valence-corrected chi connectivity index (χ2v) is 3.92. The first kappa shape index (κ1) is 17.1. The molecule has 0 fully saturated rings. The molecule has 0 aliphatic heterocycles. The minimum atomic E-state index is -1.31. The van der Waals surface area contributed by atoms with E-state index in [1.165, 1.54) is 0 Å². The predicted octanol–water partition coefficient (Wildman–Crippen LogP) is -2.99. The van der Waals surface area contributed by atoms with Crippen molar-refractivity contribution < 1.29 is 39.5 Å². The van der Waals surface area contributed by atoms with Crippen molar-refractivity contribution in [1.82, 2.24) is 4.90 Å². The Morgan fingerprint density at radius 2 is 1.54 bits per heavy atom. The number of amides is 1. The molecule has 0 aliphatic carbocycles. The molecule has 72 valence electrons. The predicted molar refractivity (Wildman–Crippen MR) is 60.5 cm³/mol. The van der Waals surface area contributed by atoms with Crippen LogP contribution in [-0.2, 0) is 0 Å². The molecule has 0 radical (unpaired) electrons. The van der Waals surface area contributed by atoms with Crippen LogP contribution in [0, 0.1) is 0 Å². The molecule has 0 spiro atoms. The summed E-state index contributed by atoms with van der Waals surface area (Å²) in [6, 6.07) is 0. The second-order valence-electron chi connectivity index (χ2n) is 2.00. The molecule has 13 heavy (non-hydrogen) atoms.